The molecule has 1 saturated heterocycles. The van der Waals surface area contributed by atoms with Gasteiger partial charge in [0, 0.05) is 30.4 Å². The molecule has 0 radical (unpaired) electrons. The van der Waals surface area contributed by atoms with Crippen molar-refractivity contribution in [1.82, 2.24) is 20.3 Å². The normalized spacial score (nSPS) is 18.0. The second-order valence-corrected chi connectivity index (χ2v) is 5.01. The molecule has 2 aromatic heterocycles. The van der Waals surface area contributed by atoms with E-state index in [0.717, 1.165) is 42.9 Å². The molecule has 0 amide bonds. The molecule has 3 heterocycles. The van der Waals surface area contributed by atoms with Crippen LogP contribution >= 0.6 is 12.4 Å². The molecule has 0 aromatic carbocycles. The van der Waals surface area contributed by atoms with Crippen molar-refractivity contribution in [3.8, 4) is 11.3 Å². The van der Waals surface area contributed by atoms with E-state index in [0.29, 0.717) is 11.7 Å². The second kappa shape index (κ2) is 6.69. The van der Waals surface area contributed by atoms with Crippen molar-refractivity contribution in [2.24, 2.45) is 0 Å². The Morgan fingerprint density at radius 1 is 1.10 bits per heavy atom. The highest BCUT2D eigenvalue weighted by Gasteiger charge is 2.22. The van der Waals surface area contributed by atoms with Crippen LogP contribution in [0.3, 0.4) is 0 Å². The van der Waals surface area contributed by atoms with Gasteiger partial charge in [-0.2, -0.15) is 0 Å². The van der Waals surface area contributed by atoms with E-state index in [1.54, 1.807) is 12.4 Å². The zero-order valence-corrected chi connectivity index (χ0v) is 12.4. The van der Waals surface area contributed by atoms with E-state index in [1.165, 1.54) is 0 Å². The second-order valence-electron chi connectivity index (χ2n) is 5.01. The largest absolute Gasteiger partial charge is 0.381 e. The van der Waals surface area contributed by atoms with E-state index in [1.807, 2.05) is 12.1 Å². The van der Waals surface area contributed by atoms with Gasteiger partial charge in [-0.1, -0.05) is 0 Å². The van der Waals surface area contributed by atoms with Gasteiger partial charge in [0.25, 0.3) is 0 Å². The maximum absolute atomic E-state index is 5.84. The zero-order valence-electron chi connectivity index (χ0n) is 11.6. The van der Waals surface area contributed by atoms with Crippen molar-refractivity contribution in [3.05, 3.63) is 30.2 Å². The summed E-state index contributed by atoms with van der Waals surface area (Å²) in [4.78, 5) is 13.0. The quantitative estimate of drug-likeness (QED) is 0.778. The maximum atomic E-state index is 5.84. The van der Waals surface area contributed by atoms with Crippen LogP contribution in [0.25, 0.3) is 11.3 Å². The average molecular weight is 307 g/mol. The lowest BCUT2D eigenvalue weighted by atomic mass is 9.92. The van der Waals surface area contributed by atoms with E-state index in [4.69, 9.17) is 11.5 Å². The van der Waals surface area contributed by atoms with Gasteiger partial charge >= 0.3 is 0 Å². The summed E-state index contributed by atoms with van der Waals surface area (Å²) in [6.07, 6.45) is 5.70. The van der Waals surface area contributed by atoms with Crippen molar-refractivity contribution in [1.29, 1.82) is 0 Å². The molecule has 7 heteroatoms. The summed E-state index contributed by atoms with van der Waals surface area (Å²) < 4.78 is 0. The number of nitrogen functional groups attached to an aromatic ring is 2. The van der Waals surface area contributed by atoms with Crippen LogP contribution in [0.15, 0.2) is 24.5 Å². The van der Waals surface area contributed by atoms with Gasteiger partial charge in [0.15, 0.2) is 11.6 Å². The number of piperidine rings is 1. The Hall–Kier alpha value is -1.92. The molecule has 0 spiro atoms. The van der Waals surface area contributed by atoms with Crippen LogP contribution in [-0.2, 0) is 0 Å². The van der Waals surface area contributed by atoms with Crippen LogP contribution in [-0.4, -0.2) is 28.0 Å². The van der Waals surface area contributed by atoms with Crippen molar-refractivity contribution in [2.45, 2.75) is 18.8 Å². The number of rotatable bonds is 2. The van der Waals surface area contributed by atoms with Crippen molar-refractivity contribution < 1.29 is 0 Å². The molecule has 1 aliphatic heterocycles. The van der Waals surface area contributed by atoms with Crippen LogP contribution in [0, 0.1) is 0 Å². The summed E-state index contributed by atoms with van der Waals surface area (Å²) in [7, 11) is 0. The zero-order chi connectivity index (χ0) is 13.9. The van der Waals surface area contributed by atoms with Crippen LogP contribution in [0.1, 0.15) is 24.5 Å². The Labute approximate surface area is 129 Å². The van der Waals surface area contributed by atoms with Crippen LogP contribution in [0.2, 0.25) is 0 Å². The van der Waals surface area contributed by atoms with Gasteiger partial charge in [0.05, 0.1) is 11.4 Å². The van der Waals surface area contributed by atoms with E-state index < -0.39 is 0 Å². The monoisotopic (exact) mass is 306 g/mol. The van der Waals surface area contributed by atoms with Crippen LogP contribution in [0.4, 0.5) is 11.6 Å². The molecule has 1 atom stereocenters. The lowest BCUT2D eigenvalue weighted by Gasteiger charge is -2.24. The first-order valence-corrected chi connectivity index (χ1v) is 6.79. The maximum Gasteiger partial charge on any atom is 0.166 e. The van der Waals surface area contributed by atoms with Crippen molar-refractivity contribution in [3.63, 3.8) is 0 Å². The van der Waals surface area contributed by atoms with Gasteiger partial charge in [-0.3, -0.25) is 4.98 Å². The number of anilines is 2. The fourth-order valence-electron chi connectivity index (χ4n) is 2.57. The Bertz CT molecular complexity index is 598. The first-order chi connectivity index (χ1) is 9.75. The van der Waals surface area contributed by atoms with E-state index in [-0.39, 0.29) is 18.2 Å². The van der Waals surface area contributed by atoms with Crippen LogP contribution < -0.4 is 16.8 Å². The van der Waals surface area contributed by atoms with Crippen LogP contribution in [0.5, 0.6) is 0 Å². The molecular weight excluding hydrogens is 288 g/mol. The lowest BCUT2D eigenvalue weighted by Crippen LogP contribution is -2.29. The Balaban J connectivity index is 0.00000161. The molecular formula is C14H19ClN6. The number of hydrogen-bond acceptors (Lipinski definition) is 6. The highest BCUT2D eigenvalue weighted by molar-refractivity contribution is 5.85. The lowest BCUT2D eigenvalue weighted by molar-refractivity contribution is 0.455. The van der Waals surface area contributed by atoms with Gasteiger partial charge in [0.2, 0.25) is 0 Å². The fourth-order valence-corrected chi connectivity index (χ4v) is 2.57. The summed E-state index contributed by atoms with van der Waals surface area (Å²) in [6, 6.07) is 3.83. The topological polar surface area (TPSA) is 103 Å². The van der Waals surface area contributed by atoms with Gasteiger partial charge < -0.3 is 16.8 Å². The molecule has 6 nitrogen and oxygen atoms in total. The first kappa shape index (κ1) is 15.5. The smallest absolute Gasteiger partial charge is 0.166 e. The SMILES string of the molecule is Cl.Nc1nc(-c2ccncc2)c(C2CCCNC2)nc1N. The molecule has 0 saturated carbocycles. The fraction of sp³-hybridized carbons (Fsp3) is 0.357. The minimum Gasteiger partial charge on any atom is -0.381 e. The predicted molar refractivity (Wildman–Crippen MR) is 86.2 cm³/mol. The molecule has 21 heavy (non-hydrogen) atoms. The highest BCUT2D eigenvalue weighted by atomic mass is 35.5. The van der Waals surface area contributed by atoms with Gasteiger partial charge in [-0.05, 0) is 31.5 Å². The van der Waals surface area contributed by atoms with Gasteiger partial charge in [0.1, 0.15) is 0 Å². The minimum atomic E-state index is 0. The number of hydrogen-bond donors (Lipinski definition) is 3. The number of aromatic nitrogens is 3. The summed E-state index contributed by atoms with van der Waals surface area (Å²) in [6.45, 7) is 1.95. The average Bonchev–Trinajstić information content (AvgIpc) is 2.51. The van der Waals surface area contributed by atoms with Crippen molar-refractivity contribution >= 4 is 24.0 Å². The molecule has 0 aliphatic carbocycles. The predicted octanol–water partition coefficient (Wildman–Crippen LogP) is 1.59. The third-order valence-corrected chi connectivity index (χ3v) is 3.62. The number of halogens is 1. The van der Waals surface area contributed by atoms with Gasteiger partial charge in [-0.15, -0.1) is 12.4 Å². The number of nitrogens with two attached hydrogens (primary N) is 2. The number of nitrogens with one attached hydrogen (secondary N) is 1. The molecule has 5 N–H and O–H groups in total. The summed E-state index contributed by atoms with van der Waals surface area (Å²) in [5, 5.41) is 3.39. The third-order valence-electron chi connectivity index (χ3n) is 3.62. The Morgan fingerprint density at radius 2 is 1.81 bits per heavy atom. The Kier molecular flexibility index (Phi) is 4.93. The standard InChI is InChI=1S/C14H18N6.ClH/c15-13-14(16)20-12(10-2-1-5-18-8-10)11(19-13)9-3-6-17-7-4-9;/h3-4,6-7,10,18H,1-2,5,8H2,(H2,15,19)(H2,16,20);1H. The number of pyridine rings is 1. The molecule has 0 bridgehead atoms. The third kappa shape index (κ3) is 3.22. The minimum absolute atomic E-state index is 0. The molecule has 1 fully saturated rings. The summed E-state index contributed by atoms with van der Waals surface area (Å²) in [5.74, 6) is 0.912. The van der Waals surface area contributed by atoms with E-state index in [9.17, 15) is 0 Å². The van der Waals surface area contributed by atoms with Crippen molar-refractivity contribution in [2.75, 3.05) is 24.6 Å². The Morgan fingerprint density at radius 3 is 2.48 bits per heavy atom. The molecule has 1 unspecified atom stereocenters. The summed E-state index contributed by atoms with van der Waals surface area (Å²) in [5.41, 5.74) is 14.4. The molecule has 2 aromatic rings. The summed E-state index contributed by atoms with van der Waals surface area (Å²) >= 11 is 0. The van der Waals surface area contributed by atoms with E-state index in [2.05, 4.69) is 20.3 Å². The van der Waals surface area contributed by atoms with Gasteiger partial charge in [-0.25, -0.2) is 9.97 Å². The van der Waals surface area contributed by atoms with E-state index >= 15 is 0 Å². The molecule has 3 rings (SSSR count). The highest BCUT2D eigenvalue weighted by Crippen LogP contribution is 2.31. The number of nitrogens with zero attached hydrogens (tertiary/aromatic N) is 3. The molecule has 1 aliphatic rings. The molecule has 112 valence electrons. The first-order valence-electron chi connectivity index (χ1n) is 6.79.